The molecule has 3 aliphatic rings. The van der Waals surface area contributed by atoms with Gasteiger partial charge >= 0.3 is 5.97 Å². The van der Waals surface area contributed by atoms with Gasteiger partial charge in [-0.3, -0.25) is 24.1 Å². The quantitative estimate of drug-likeness (QED) is 0.658. The van der Waals surface area contributed by atoms with E-state index in [1.165, 1.54) is 18.9 Å². The normalized spacial score (nSPS) is 30.6. The zero-order valence-corrected chi connectivity index (χ0v) is 16.7. The van der Waals surface area contributed by atoms with Crippen LogP contribution < -0.4 is 4.90 Å². The summed E-state index contributed by atoms with van der Waals surface area (Å²) in [6.45, 7) is 3.83. The molecule has 8 heteroatoms. The number of para-hydroxylation sites is 1. The monoisotopic (exact) mass is 400 g/mol. The third-order valence-corrected chi connectivity index (χ3v) is 6.23. The molecule has 1 spiro atoms. The van der Waals surface area contributed by atoms with Gasteiger partial charge in [-0.1, -0.05) is 18.2 Å². The summed E-state index contributed by atoms with van der Waals surface area (Å²) in [5, 5.41) is 0. The number of hydrogen-bond donors (Lipinski definition) is 0. The van der Waals surface area contributed by atoms with Crippen LogP contribution in [0.15, 0.2) is 24.3 Å². The van der Waals surface area contributed by atoms with E-state index in [2.05, 4.69) is 0 Å². The second-order valence-electron chi connectivity index (χ2n) is 7.93. The lowest BCUT2D eigenvalue weighted by Crippen LogP contribution is -2.53. The van der Waals surface area contributed by atoms with Gasteiger partial charge in [0.2, 0.25) is 5.91 Å². The van der Waals surface area contributed by atoms with E-state index in [1.54, 1.807) is 17.0 Å². The van der Waals surface area contributed by atoms with E-state index in [4.69, 9.17) is 9.47 Å². The first kappa shape index (κ1) is 19.6. The fourth-order valence-electron chi connectivity index (χ4n) is 5.09. The predicted molar refractivity (Wildman–Crippen MR) is 102 cm³/mol. The Bertz CT molecular complexity index is 899. The molecule has 3 aliphatic heterocycles. The molecule has 1 aromatic rings. The molecule has 154 valence electrons. The van der Waals surface area contributed by atoms with Crippen molar-refractivity contribution in [1.82, 2.24) is 4.90 Å². The number of ether oxygens (including phenoxy) is 2. The van der Waals surface area contributed by atoms with Crippen LogP contribution in [0.4, 0.5) is 5.69 Å². The molecule has 0 aliphatic carbocycles. The van der Waals surface area contributed by atoms with Crippen molar-refractivity contribution in [3.05, 3.63) is 29.8 Å². The number of carbonyl (C=O) groups excluding carboxylic acids is 4. The maximum Gasteiger partial charge on any atom is 0.307 e. The number of esters is 1. The second-order valence-corrected chi connectivity index (χ2v) is 7.93. The van der Waals surface area contributed by atoms with E-state index < -0.39 is 29.6 Å². The number of likely N-dealkylation sites (tertiary alicyclic amines) is 1. The minimum Gasteiger partial charge on any atom is -0.453 e. The van der Waals surface area contributed by atoms with Crippen LogP contribution >= 0.6 is 0 Å². The highest BCUT2D eigenvalue weighted by Gasteiger charge is 2.77. The first-order chi connectivity index (χ1) is 13.8. The van der Waals surface area contributed by atoms with Crippen molar-refractivity contribution in [2.75, 3.05) is 25.2 Å². The summed E-state index contributed by atoms with van der Waals surface area (Å²) >= 11 is 0. The second kappa shape index (κ2) is 6.95. The summed E-state index contributed by atoms with van der Waals surface area (Å²) in [5.41, 5.74) is 0.108. The van der Waals surface area contributed by atoms with Crippen LogP contribution in [-0.4, -0.2) is 66.4 Å². The molecular weight excluding hydrogens is 376 g/mol. The average Bonchev–Trinajstić information content (AvgIpc) is 3.20. The molecule has 29 heavy (non-hydrogen) atoms. The first-order valence-electron chi connectivity index (χ1n) is 9.72. The molecular formula is C21H24N2O6. The van der Waals surface area contributed by atoms with Crippen molar-refractivity contribution in [3.8, 4) is 0 Å². The van der Waals surface area contributed by atoms with Gasteiger partial charge in [-0.05, 0) is 25.5 Å². The van der Waals surface area contributed by atoms with E-state index in [-0.39, 0.29) is 43.6 Å². The number of amides is 2. The highest BCUT2D eigenvalue weighted by molar-refractivity contribution is 6.12. The predicted octanol–water partition coefficient (Wildman–Crippen LogP) is 0.848. The number of ketones is 1. The Labute approximate surface area is 168 Å². The van der Waals surface area contributed by atoms with Gasteiger partial charge in [0.05, 0.1) is 25.0 Å². The molecule has 0 N–H and O–H groups in total. The maximum atomic E-state index is 13.5. The smallest absolute Gasteiger partial charge is 0.307 e. The summed E-state index contributed by atoms with van der Waals surface area (Å²) < 4.78 is 10.9. The fraction of sp³-hybridized carbons (Fsp3) is 0.524. The number of methoxy groups -OCH3 is 1. The molecule has 0 saturated carbocycles. The number of Topliss-reactive ketones (excluding diaryl/α,β-unsaturated/α-hetero) is 1. The van der Waals surface area contributed by atoms with Crippen LogP contribution in [0.2, 0.25) is 0 Å². The van der Waals surface area contributed by atoms with Crippen molar-refractivity contribution in [2.45, 2.75) is 44.4 Å². The topological polar surface area (TPSA) is 93.2 Å². The SMILES string of the molecule is COCCN1C(=O)C2N(c3ccccc3C)C(=O)C3CC(=O)OC32C1CC(C)=O. The third-order valence-electron chi connectivity index (χ3n) is 6.23. The van der Waals surface area contributed by atoms with Gasteiger partial charge in [0.1, 0.15) is 5.78 Å². The number of aryl methyl sites for hydroxylation is 1. The molecule has 0 bridgehead atoms. The van der Waals surface area contributed by atoms with Crippen molar-refractivity contribution in [1.29, 1.82) is 0 Å². The number of hydrogen-bond acceptors (Lipinski definition) is 6. The number of anilines is 1. The number of nitrogens with zero attached hydrogens (tertiary/aromatic N) is 2. The van der Waals surface area contributed by atoms with Gasteiger partial charge < -0.3 is 14.4 Å². The Morgan fingerprint density at radius 2 is 1.97 bits per heavy atom. The molecule has 2 amide bonds. The van der Waals surface area contributed by atoms with Gasteiger partial charge in [0.15, 0.2) is 11.6 Å². The lowest BCUT2D eigenvalue weighted by atomic mass is 9.80. The zero-order chi connectivity index (χ0) is 20.9. The van der Waals surface area contributed by atoms with Gasteiger partial charge in [-0.25, -0.2) is 0 Å². The molecule has 4 atom stereocenters. The Hall–Kier alpha value is -2.74. The van der Waals surface area contributed by atoms with E-state index >= 15 is 0 Å². The van der Waals surface area contributed by atoms with Crippen molar-refractivity contribution in [2.24, 2.45) is 5.92 Å². The lowest BCUT2D eigenvalue weighted by molar-refractivity contribution is -0.152. The largest absolute Gasteiger partial charge is 0.453 e. The van der Waals surface area contributed by atoms with Gasteiger partial charge in [-0.2, -0.15) is 0 Å². The van der Waals surface area contributed by atoms with Gasteiger partial charge in [0, 0.05) is 25.8 Å². The summed E-state index contributed by atoms with van der Waals surface area (Å²) in [5.74, 6) is -2.05. The van der Waals surface area contributed by atoms with Crippen LogP contribution in [0.1, 0.15) is 25.3 Å². The molecule has 4 rings (SSSR count). The van der Waals surface area contributed by atoms with Crippen molar-refractivity contribution < 1.29 is 28.7 Å². The van der Waals surface area contributed by atoms with E-state index in [0.29, 0.717) is 5.69 Å². The van der Waals surface area contributed by atoms with Crippen molar-refractivity contribution >= 4 is 29.3 Å². The molecule has 3 heterocycles. The van der Waals surface area contributed by atoms with E-state index in [9.17, 15) is 19.2 Å². The van der Waals surface area contributed by atoms with Gasteiger partial charge in [-0.15, -0.1) is 0 Å². The summed E-state index contributed by atoms with van der Waals surface area (Å²) in [6, 6.07) is 5.64. The molecule has 3 saturated heterocycles. The minimum atomic E-state index is -1.35. The molecule has 0 aromatic heterocycles. The number of rotatable bonds is 6. The Morgan fingerprint density at radius 3 is 2.62 bits per heavy atom. The van der Waals surface area contributed by atoms with Crippen LogP contribution in [0.5, 0.6) is 0 Å². The Kier molecular flexibility index (Phi) is 4.69. The van der Waals surface area contributed by atoms with Crippen LogP contribution in [0, 0.1) is 12.8 Å². The Morgan fingerprint density at radius 1 is 1.24 bits per heavy atom. The third kappa shape index (κ3) is 2.69. The average molecular weight is 400 g/mol. The van der Waals surface area contributed by atoms with Crippen LogP contribution in [0.3, 0.4) is 0 Å². The Balaban J connectivity index is 1.87. The molecule has 0 radical (unpaired) electrons. The highest BCUT2D eigenvalue weighted by atomic mass is 16.6. The van der Waals surface area contributed by atoms with E-state index in [0.717, 1.165) is 5.56 Å². The number of benzene rings is 1. The summed E-state index contributed by atoms with van der Waals surface area (Å²) in [7, 11) is 1.53. The maximum absolute atomic E-state index is 13.5. The molecule has 4 unspecified atom stereocenters. The van der Waals surface area contributed by atoms with E-state index in [1.807, 2.05) is 19.1 Å². The van der Waals surface area contributed by atoms with Crippen LogP contribution in [-0.2, 0) is 28.7 Å². The van der Waals surface area contributed by atoms with Gasteiger partial charge in [0.25, 0.3) is 5.91 Å². The summed E-state index contributed by atoms with van der Waals surface area (Å²) in [6.07, 6.45) is -0.0673. The standard InChI is InChI=1S/C21H24N2O6/c1-12-6-4-5-7-15(12)23-18-20(27)22(8-9-28-3)16(10-13(2)24)21(18)14(19(23)26)11-17(25)29-21/h4-7,14,16,18H,8-11H2,1-3H3. The first-order valence-corrected chi connectivity index (χ1v) is 9.72. The van der Waals surface area contributed by atoms with Crippen molar-refractivity contribution in [3.63, 3.8) is 0 Å². The molecule has 1 aromatic carbocycles. The minimum absolute atomic E-state index is 0.0185. The summed E-state index contributed by atoms with van der Waals surface area (Å²) in [4.78, 5) is 54.3. The molecule has 3 fully saturated rings. The number of carbonyl (C=O) groups is 4. The van der Waals surface area contributed by atoms with Crippen LogP contribution in [0.25, 0.3) is 0 Å². The zero-order valence-electron chi connectivity index (χ0n) is 16.7. The fourth-order valence-corrected chi connectivity index (χ4v) is 5.09. The lowest BCUT2D eigenvalue weighted by Gasteiger charge is -2.34. The molecule has 8 nitrogen and oxygen atoms in total. The highest BCUT2D eigenvalue weighted by Crippen LogP contribution is 2.54.